The van der Waals surface area contributed by atoms with Gasteiger partial charge in [0.15, 0.2) is 12.2 Å². The van der Waals surface area contributed by atoms with Gasteiger partial charge in [-0.25, -0.2) is 0 Å². The van der Waals surface area contributed by atoms with Crippen molar-refractivity contribution in [3.63, 3.8) is 0 Å². The van der Waals surface area contributed by atoms with Crippen molar-refractivity contribution in [1.82, 2.24) is 10.6 Å². The third kappa shape index (κ3) is 3.05. The molecule has 156 valence electrons. The first kappa shape index (κ1) is 19.1. The second kappa shape index (κ2) is 7.41. The average molecular weight is 407 g/mol. The molecule has 0 radical (unpaired) electrons. The number of carbonyl (C=O) groups is 2. The highest BCUT2D eigenvalue weighted by Crippen LogP contribution is 2.49. The van der Waals surface area contributed by atoms with Gasteiger partial charge in [0, 0.05) is 35.2 Å². The number of fused-ring (bicyclic) bond motifs is 3. The van der Waals surface area contributed by atoms with Crippen molar-refractivity contribution in [2.75, 3.05) is 19.6 Å². The highest BCUT2D eigenvalue weighted by Gasteiger charge is 2.54. The molecular formula is C23H25N3O4. The molecule has 1 spiro atoms. The zero-order valence-corrected chi connectivity index (χ0v) is 16.6. The van der Waals surface area contributed by atoms with Gasteiger partial charge in [0.1, 0.15) is 11.5 Å². The van der Waals surface area contributed by atoms with Gasteiger partial charge in [-0.2, -0.15) is 0 Å². The highest BCUT2D eigenvalue weighted by atomic mass is 16.5. The molecule has 1 fully saturated rings. The number of piperidine rings is 1. The van der Waals surface area contributed by atoms with Crippen LogP contribution < -0.4 is 25.8 Å². The molecule has 3 aliphatic heterocycles. The lowest BCUT2D eigenvalue weighted by Crippen LogP contribution is -2.54. The fraction of sp³-hybridized carbons (Fsp3) is 0.391. The number of carbonyl (C=O) groups excluding carboxylic acids is 2. The van der Waals surface area contributed by atoms with Gasteiger partial charge in [0.2, 0.25) is 11.7 Å². The molecule has 30 heavy (non-hydrogen) atoms. The second-order valence-electron chi connectivity index (χ2n) is 8.23. The Hall–Kier alpha value is -2.90. The minimum atomic E-state index is -0.708. The van der Waals surface area contributed by atoms with Crippen molar-refractivity contribution in [2.45, 2.75) is 37.0 Å². The van der Waals surface area contributed by atoms with Crippen LogP contribution in [0.25, 0.3) is 0 Å². The summed E-state index contributed by atoms with van der Waals surface area (Å²) in [5.74, 6) is 0.711. The van der Waals surface area contributed by atoms with Crippen LogP contribution in [0, 0.1) is 0 Å². The number of para-hydroxylation sites is 1. The standard InChI is InChI=1S/C23H25N3O4/c24-22(28)14-5-6-15-12-26-13-19(29-18(15)11-14)20(27)21-23(7-9-25-10-8-23)16-3-1-2-4-17(16)30-21/h1-6,11,19,21,25-26H,7-10,12-13H2,(H2,24,28). The Kier molecular flexibility index (Phi) is 4.72. The minimum Gasteiger partial charge on any atom is -0.481 e. The molecule has 0 aromatic heterocycles. The molecular weight excluding hydrogens is 382 g/mol. The van der Waals surface area contributed by atoms with E-state index in [-0.39, 0.29) is 11.2 Å². The van der Waals surface area contributed by atoms with Gasteiger partial charge in [0.05, 0.1) is 0 Å². The molecule has 5 rings (SSSR count). The lowest BCUT2D eigenvalue weighted by atomic mass is 9.69. The molecule has 0 saturated carbocycles. The Bertz CT molecular complexity index is 1000. The van der Waals surface area contributed by atoms with Crippen LogP contribution >= 0.6 is 0 Å². The summed E-state index contributed by atoms with van der Waals surface area (Å²) in [5.41, 5.74) is 7.45. The number of hydrogen-bond acceptors (Lipinski definition) is 6. The number of ketones is 1. The Labute approximate surface area is 174 Å². The lowest BCUT2D eigenvalue weighted by Gasteiger charge is -2.38. The van der Waals surface area contributed by atoms with E-state index in [1.54, 1.807) is 12.1 Å². The van der Waals surface area contributed by atoms with E-state index >= 15 is 0 Å². The lowest BCUT2D eigenvalue weighted by molar-refractivity contribution is -0.135. The van der Waals surface area contributed by atoms with Crippen molar-refractivity contribution in [3.8, 4) is 11.5 Å². The average Bonchev–Trinajstić information content (AvgIpc) is 2.93. The minimum absolute atomic E-state index is 0.0714. The molecule has 2 aromatic rings. The third-order valence-corrected chi connectivity index (χ3v) is 6.51. The van der Waals surface area contributed by atoms with E-state index in [9.17, 15) is 9.59 Å². The summed E-state index contributed by atoms with van der Waals surface area (Å²) in [6, 6.07) is 13.1. The van der Waals surface area contributed by atoms with Gasteiger partial charge in [-0.05, 0) is 44.1 Å². The predicted octanol–water partition coefficient (Wildman–Crippen LogP) is 1.29. The fourth-order valence-corrected chi connectivity index (χ4v) is 4.92. The highest BCUT2D eigenvalue weighted by molar-refractivity contribution is 5.94. The topological polar surface area (TPSA) is 103 Å². The van der Waals surface area contributed by atoms with Gasteiger partial charge in [-0.15, -0.1) is 0 Å². The molecule has 3 aliphatic rings. The van der Waals surface area contributed by atoms with Gasteiger partial charge in [-0.1, -0.05) is 24.3 Å². The number of rotatable bonds is 3. The van der Waals surface area contributed by atoms with E-state index in [1.807, 2.05) is 24.3 Å². The molecule has 3 heterocycles. The van der Waals surface area contributed by atoms with E-state index in [2.05, 4.69) is 16.7 Å². The maximum Gasteiger partial charge on any atom is 0.248 e. The van der Waals surface area contributed by atoms with Gasteiger partial charge in [0.25, 0.3) is 0 Å². The van der Waals surface area contributed by atoms with Crippen LogP contribution in [0.5, 0.6) is 11.5 Å². The SMILES string of the molecule is NC(=O)c1ccc2c(c1)OC(C(=O)C1Oc3ccccc3C13CCNCC3)CNC2. The summed E-state index contributed by atoms with van der Waals surface area (Å²) in [4.78, 5) is 25.3. The van der Waals surface area contributed by atoms with E-state index in [0.717, 1.165) is 42.8 Å². The normalized spacial score (nSPS) is 24.1. The van der Waals surface area contributed by atoms with E-state index in [1.165, 1.54) is 0 Å². The van der Waals surface area contributed by atoms with Crippen molar-refractivity contribution in [2.24, 2.45) is 5.73 Å². The Morgan fingerprint density at radius 1 is 1.00 bits per heavy atom. The monoisotopic (exact) mass is 407 g/mol. The van der Waals surface area contributed by atoms with Gasteiger partial charge >= 0.3 is 0 Å². The molecule has 2 aromatic carbocycles. The maximum absolute atomic E-state index is 13.7. The van der Waals surface area contributed by atoms with Crippen LogP contribution in [-0.4, -0.2) is 43.5 Å². The second-order valence-corrected chi connectivity index (χ2v) is 8.23. The molecule has 0 aliphatic carbocycles. The first-order chi connectivity index (χ1) is 14.6. The molecule has 4 N–H and O–H groups in total. The van der Waals surface area contributed by atoms with Gasteiger partial charge in [-0.3, -0.25) is 9.59 Å². The van der Waals surface area contributed by atoms with Crippen LogP contribution in [0.15, 0.2) is 42.5 Å². The van der Waals surface area contributed by atoms with Crippen LogP contribution in [-0.2, 0) is 16.8 Å². The van der Waals surface area contributed by atoms with E-state index in [0.29, 0.717) is 24.4 Å². The summed E-state index contributed by atoms with van der Waals surface area (Å²) in [6.07, 6.45) is 0.372. The summed E-state index contributed by atoms with van der Waals surface area (Å²) in [5, 5.41) is 6.68. The zero-order valence-electron chi connectivity index (χ0n) is 16.6. The number of nitrogens with two attached hydrogens (primary N) is 1. The Balaban J connectivity index is 1.47. The van der Waals surface area contributed by atoms with Crippen LogP contribution in [0.4, 0.5) is 0 Å². The van der Waals surface area contributed by atoms with Crippen molar-refractivity contribution < 1.29 is 19.1 Å². The van der Waals surface area contributed by atoms with Crippen molar-refractivity contribution in [1.29, 1.82) is 0 Å². The van der Waals surface area contributed by atoms with E-state index in [4.69, 9.17) is 15.2 Å². The number of primary amides is 1. The number of ether oxygens (including phenoxy) is 2. The molecule has 2 unspecified atom stereocenters. The van der Waals surface area contributed by atoms with Crippen molar-refractivity contribution in [3.05, 3.63) is 59.2 Å². The molecule has 2 atom stereocenters. The quantitative estimate of drug-likeness (QED) is 0.709. The summed E-state index contributed by atoms with van der Waals surface area (Å²) in [7, 11) is 0. The Morgan fingerprint density at radius 2 is 1.80 bits per heavy atom. The van der Waals surface area contributed by atoms with Crippen molar-refractivity contribution >= 4 is 11.7 Å². The van der Waals surface area contributed by atoms with Crippen LogP contribution in [0.3, 0.4) is 0 Å². The molecule has 1 saturated heterocycles. The number of amides is 1. The summed E-state index contributed by atoms with van der Waals surface area (Å²) < 4.78 is 12.4. The molecule has 7 nitrogen and oxygen atoms in total. The predicted molar refractivity (Wildman–Crippen MR) is 111 cm³/mol. The number of benzene rings is 2. The smallest absolute Gasteiger partial charge is 0.248 e. The third-order valence-electron chi connectivity index (χ3n) is 6.51. The molecule has 1 amide bonds. The summed E-state index contributed by atoms with van der Waals surface area (Å²) >= 11 is 0. The number of Topliss-reactive ketones (excluding diaryl/α,β-unsaturated/α-hetero) is 1. The Morgan fingerprint density at radius 3 is 2.60 bits per heavy atom. The maximum atomic E-state index is 13.7. The van der Waals surface area contributed by atoms with Crippen LogP contribution in [0.1, 0.15) is 34.3 Å². The number of hydrogen-bond donors (Lipinski definition) is 3. The first-order valence-electron chi connectivity index (χ1n) is 10.4. The summed E-state index contributed by atoms with van der Waals surface area (Å²) in [6.45, 7) is 2.62. The number of nitrogens with one attached hydrogen (secondary N) is 2. The molecule has 0 bridgehead atoms. The fourth-order valence-electron chi connectivity index (χ4n) is 4.92. The first-order valence-corrected chi connectivity index (χ1v) is 10.4. The van der Waals surface area contributed by atoms with E-state index < -0.39 is 18.1 Å². The largest absolute Gasteiger partial charge is 0.481 e. The zero-order chi connectivity index (χ0) is 20.7. The van der Waals surface area contributed by atoms with Crippen LogP contribution in [0.2, 0.25) is 0 Å². The molecule has 7 heteroatoms. The van der Waals surface area contributed by atoms with Gasteiger partial charge < -0.3 is 25.8 Å².